The number of benzene rings is 1. The van der Waals surface area contributed by atoms with Crippen molar-refractivity contribution in [1.29, 1.82) is 0 Å². The van der Waals surface area contributed by atoms with Crippen LogP contribution in [0.5, 0.6) is 0 Å². The summed E-state index contributed by atoms with van der Waals surface area (Å²) in [5.41, 5.74) is 4.99. The second-order valence-corrected chi connectivity index (χ2v) is 3.06. The van der Waals surface area contributed by atoms with E-state index in [0.717, 1.165) is 6.07 Å². The first-order valence-electron chi connectivity index (χ1n) is 4.01. The molecule has 0 fully saturated rings. The molecule has 78 valence electrons. The molecule has 0 aliphatic heterocycles. The summed E-state index contributed by atoms with van der Waals surface area (Å²) in [6, 6.07) is 0.0591. The van der Waals surface area contributed by atoms with Crippen molar-refractivity contribution in [2.24, 2.45) is 5.73 Å². The van der Waals surface area contributed by atoms with Crippen LogP contribution in [0.3, 0.4) is 0 Å². The highest BCUT2D eigenvalue weighted by atomic mass is 19.2. The lowest BCUT2D eigenvalue weighted by molar-refractivity contribution is 0.162. The van der Waals surface area contributed by atoms with Gasteiger partial charge in [0.2, 0.25) is 0 Å². The Labute approximate surface area is 79.2 Å². The molecule has 0 unspecified atom stereocenters. The van der Waals surface area contributed by atoms with Crippen molar-refractivity contribution in [3.05, 3.63) is 35.1 Å². The molecule has 3 N–H and O–H groups in total. The third kappa shape index (κ3) is 2.05. The minimum atomic E-state index is -1.31. The van der Waals surface area contributed by atoms with Gasteiger partial charge in [-0.15, -0.1) is 0 Å². The van der Waals surface area contributed by atoms with Gasteiger partial charge in [-0.2, -0.15) is 0 Å². The Kier molecular flexibility index (Phi) is 3.13. The third-order valence-electron chi connectivity index (χ3n) is 1.90. The summed E-state index contributed by atoms with van der Waals surface area (Å²) >= 11 is 0. The zero-order valence-electron chi connectivity index (χ0n) is 7.47. The first-order chi connectivity index (χ1) is 6.43. The summed E-state index contributed by atoms with van der Waals surface area (Å²) in [6.07, 6.45) is -1.08. The van der Waals surface area contributed by atoms with Crippen molar-refractivity contribution in [2.45, 2.75) is 19.1 Å². The fraction of sp³-hybridized carbons (Fsp3) is 0.333. The highest BCUT2D eigenvalue weighted by molar-refractivity contribution is 5.24. The van der Waals surface area contributed by atoms with Gasteiger partial charge in [-0.3, -0.25) is 0 Å². The van der Waals surface area contributed by atoms with Gasteiger partial charge in [0.25, 0.3) is 0 Å². The molecular weight excluding hydrogens is 195 g/mol. The Morgan fingerprint density at radius 3 is 2.36 bits per heavy atom. The molecule has 0 saturated carbocycles. The molecule has 1 rings (SSSR count). The summed E-state index contributed by atoms with van der Waals surface area (Å²) < 4.78 is 38.5. The number of nitrogens with two attached hydrogens (primary N) is 1. The summed E-state index contributed by atoms with van der Waals surface area (Å²) in [5, 5.41) is 9.04. The Hall–Kier alpha value is -1.07. The maximum Gasteiger partial charge on any atom is 0.163 e. The van der Waals surface area contributed by atoms with Gasteiger partial charge in [0.1, 0.15) is 5.82 Å². The zero-order chi connectivity index (χ0) is 10.9. The van der Waals surface area contributed by atoms with Crippen LogP contribution >= 0.6 is 0 Å². The largest absolute Gasteiger partial charge is 0.391 e. The first kappa shape index (κ1) is 11.0. The van der Waals surface area contributed by atoms with Gasteiger partial charge >= 0.3 is 0 Å². The predicted octanol–water partition coefficient (Wildman–Crippen LogP) is 1.48. The maximum absolute atomic E-state index is 13.1. The summed E-state index contributed by atoms with van der Waals surface area (Å²) in [5.74, 6) is -3.45. The molecule has 14 heavy (non-hydrogen) atoms. The smallest absolute Gasteiger partial charge is 0.163 e. The molecule has 2 atom stereocenters. The lowest BCUT2D eigenvalue weighted by Crippen LogP contribution is -2.24. The molecule has 0 amide bonds. The van der Waals surface area contributed by atoms with Crippen LogP contribution in [-0.2, 0) is 0 Å². The van der Waals surface area contributed by atoms with Crippen LogP contribution in [0.2, 0.25) is 0 Å². The van der Waals surface area contributed by atoms with E-state index in [2.05, 4.69) is 0 Å². The van der Waals surface area contributed by atoms with Crippen LogP contribution in [-0.4, -0.2) is 11.2 Å². The van der Waals surface area contributed by atoms with E-state index >= 15 is 0 Å². The average molecular weight is 205 g/mol. The standard InChI is InChI=1S/C9H10F3NO/c1-4(14)9(13)6-2-5(10)3-7(11)8(6)12/h2-4,9,14H,13H2,1H3/t4-,9-/m0/s1. The van der Waals surface area contributed by atoms with E-state index in [-0.39, 0.29) is 5.56 Å². The zero-order valence-corrected chi connectivity index (χ0v) is 7.47. The third-order valence-corrected chi connectivity index (χ3v) is 1.90. The SMILES string of the molecule is C[C@H](O)[C@H](N)c1cc(F)cc(F)c1F. The van der Waals surface area contributed by atoms with Crippen LogP contribution in [0, 0.1) is 17.5 Å². The number of rotatable bonds is 2. The van der Waals surface area contributed by atoms with Crippen molar-refractivity contribution in [2.75, 3.05) is 0 Å². The van der Waals surface area contributed by atoms with E-state index in [4.69, 9.17) is 10.8 Å². The summed E-state index contributed by atoms with van der Waals surface area (Å²) in [4.78, 5) is 0. The molecule has 0 bridgehead atoms. The average Bonchev–Trinajstić information content (AvgIpc) is 2.09. The molecule has 0 radical (unpaired) electrons. The predicted molar refractivity (Wildman–Crippen MR) is 44.9 cm³/mol. The lowest BCUT2D eigenvalue weighted by atomic mass is 10.0. The quantitative estimate of drug-likeness (QED) is 0.718. The number of aliphatic hydroxyl groups is 1. The maximum atomic E-state index is 13.1. The first-order valence-corrected chi connectivity index (χ1v) is 4.01. The highest BCUT2D eigenvalue weighted by Gasteiger charge is 2.20. The Morgan fingerprint density at radius 1 is 1.29 bits per heavy atom. The minimum absolute atomic E-state index is 0.363. The Morgan fingerprint density at radius 2 is 1.86 bits per heavy atom. The van der Waals surface area contributed by atoms with Crippen LogP contribution in [0.15, 0.2) is 12.1 Å². The van der Waals surface area contributed by atoms with Crippen molar-refractivity contribution in [1.82, 2.24) is 0 Å². The van der Waals surface area contributed by atoms with E-state index in [1.54, 1.807) is 0 Å². The van der Waals surface area contributed by atoms with E-state index in [9.17, 15) is 13.2 Å². The van der Waals surface area contributed by atoms with Crippen molar-refractivity contribution in [3.63, 3.8) is 0 Å². The molecule has 2 nitrogen and oxygen atoms in total. The number of halogens is 3. The van der Waals surface area contributed by atoms with Gasteiger partial charge < -0.3 is 10.8 Å². The number of hydrogen-bond donors (Lipinski definition) is 2. The Bertz CT molecular complexity index is 341. The van der Waals surface area contributed by atoms with Crippen LogP contribution in [0.25, 0.3) is 0 Å². The van der Waals surface area contributed by atoms with E-state index in [0.29, 0.717) is 6.07 Å². The number of hydrogen-bond acceptors (Lipinski definition) is 2. The topological polar surface area (TPSA) is 46.2 Å². The molecule has 0 spiro atoms. The Balaban J connectivity index is 3.20. The van der Waals surface area contributed by atoms with Gasteiger partial charge in [0.15, 0.2) is 11.6 Å². The second kappa shape index (κ2) is 3.98. The summed E-state index contributed by atoms with van der Waals surface area (Å²) in [6.45, 7) is 1.31. The molecule has 0 saturated heterocycles. The fourth-order valence-electron chi connectivity index (χ4n) is 1.08. The van der Waals surface area contributed by atoms with Gasteiger partial charge in [0.05, 0.1) is 12.1 Å². The number of aliphatic hydroxyl groups excluding tert-OH is 1. The van der Waals surface area contributed by atoms with E-state index in [1.807, 2.05) is 0 Å². The molecule has 1 aromatic carbocycles. The molecule has 5 heteroatoms. The van der Waals surface area contributed by atoms with Crippen LogP contribution in [0.1, 0.15) is 18.5 Å². The molecule has 0 aliphatic rings. The van der Waals surface area contributed by atoms with Gasteiger partial charge in [0, 0.05) is 11.6 Å². The van der Waals surface area contributed by atoms with Crippen LogP contribution < -0.4 is 5.73 Å². The molecule has 1 aromatic rings. The van der Waals surface area contributed by atoms with Crippen molar-refractivity contribution in [3.8, 4) is 0 Å². The normalized spacial score (nSPS) is 15.3. The fourth-order valence-corrected chi connectivity index (χ4v) is 1.08. The van der Waals surface area contributed by atoms with Crippen molar-refractivity contribution < 1.29 is 18.3 Å². The van der Waals surface area contributed by atoms with Crippen LogP contribution in [0.4, 0.5) is 13.2 Å². The van der Waals surface area contributed by atoms with Gasteiger partial charge in [-0.05, 0) is 13.0 Å². The van der Waals surface area contributed by atoms with Crippen molar-refractivity contribution >= 4 is 0 Å². The lowest BCUT2D eigenvalue weighted by Gasteiger charge is -2.15. The molecule has 0 aromatic heterocycles. The molecule has 0 heterocycles. The minimum Gasteiger partial charge on any atom is -0.391 e. The molecule has 0 aliphatic carbocycles. The van der Waals surface area contributed by atoms with E-state index in [1.165, 1.54) is 6.92 Å². The molecular formula is C9H10F3NO. The monoisotopic (exact) mass is 205 g/mol. The second-order valence-electron chi connectivity index (χ2n) is 3.06. The highest BCUT2D eigenvalue weighted by Crippen LogP contribution is 2.21. The van der Waals surface area contributed by atoms with Gasteiger partial charge in [-0.1, -0.05) is 0 Å². The van der Waals surface area contributed by atoms with Gasteiger partial charge in [-0.25, -0.2) is 13.2 Å². The van der Waals surface area contributed by atoms with E-state index < -0.39 is 29.6 Å². The summed E-state index contributed by atoms with van der Waals surface area (Å²) in [7, 11) is 0.